The highest BCUT2D eigenvalue weighted by Gasteiger charge is 2.08. The van der Waals surface area contributed by atoms with Crippen molar-refractivity contribution in [1.29, 1.82) is 0 Å². The maximum absolute atomic E-state index is 12.0. The molecule has 174 valence electrons. The predicted octanol–water partition coefficient (Wildman–Crippen LogP) is 3.87. The van der Waals surface area contributed by atoms with Gasteiger partial charge < -0.3 is 25.4 Å². The molecule has 7 nitrogen and oxygen atoms in total. The second kappa shape index (κ2) is 13.4. The van der Waals surface area contributed by atoms with Crippen molar-refractivity contribution < 1.29 is 14.3 Å². The number of amides is 1. The molecule has 0 heterocycles. The smallest absolute Gasteiger partial charge is 0.224 e. The normalized spacial score (nSPS) is 11.4. The number of anilines is 1. The van der Waals surface area contributed by atoms with Crippen LogP contribution in [-0.2, 0) is 22.6 Å². The Morgan fingerprint density at radius 3 is 2.56 bits per heavy atom. The maximum Gasteiger partial charge on any atom is 0.224 e. The molecule has 0 aliphatic heterocycles. The average Bonchev–Trinajstić information content (AvgIpc) is 2.75. The lowest BCUT2D eigenvalue weighted by Gasteiger charge is -2.16. The quantitative estimate of drug-likeness (QED) is 0.281. The van der Waals surface area contributed by atoms with E-state index in [2.05, 4.69) is 33.1 Å². The van der Waals surface area contributed by atoms with Gasteiger partial charge in [-0.2, -0.15) is 0 Å². The van der Waals surface area contributed by atoms with Gasteiger partial charge in [0, 0.05) is 44.9 Å². The molecular formula is C25H36N4O3. The van der Waals surface area contributed by atoms with Crippen molar-refractivity contribution in [2.75, 3.05) is 32.7 Å². The number of benzene rings is 2. The molecule has 2 aromatic rings. The number of carbonyl (C=O) groups excluding carboxylic acids is 1. The Hall–Kier alpha value is -3.06. The van der Waals surface area contributed by atoms with Crippen LogP contribution in [0.3, 0.4) is 0 Å². The third-order valence-electron chi connectivity index (χ3n) is 4.70. The summed E-state index contributed by atoms with van der Waals surface area (Å²) in [5.74, 6) is 1.88. The van der Waals surface area contributed by atoms with E-state index in [0.29, 0.717) is 44.6 Å². The van der Waals surface area contributed by atoms with E-state index in [1.165, 1.54) is 0 Å². The van der Waals surface area contributed by atoms with Crippen LogP contribution in [0.2, 0.25) is 0 Å². The lowest BCUT2D eigenvalue weighted by Crippen LogP contribution is -2.36. The summed E-state index contributed by atoms with van der Waals surface area (Å²) in [5, 5.41) is 9.61. The molecule has 0 aromatic heterocycles. The van der Waals surface area contributed by atoms with Crippen LogP contribution in [0.15, 0.2) is 47.5 Å². The van der Waals surface area contributed by atoms with Gasteiger partial charge in [-0.1, -0.05) is 38.1 Å². The van der Waals surface area contributed by atoms with Crippen LogP contribution in [0.1, 0.15) is 37.0 Å². The Morgan fingerprint density at radius 1 is 1.06 bits per heavy atom. The third-order valence-corrected chi connectivity index (χ3v) is 4.70. The highest BCUT2D eigenvalue weighted by molar-refractivity contribution is 5.90. The topological polar surface area (TPSA) is 84.0 Å². The van der Waals surface area contributed by atoms with E-state index in [-0.39, 0.29) is 5.91 Å². The number of guanidine groups is 1. The van der Waals surface area contributed by atoms with Crippen molar-refractivity contribution in [2.24, 2.45) is 10.9 Å². The molecule has 0 spiro atoms. The molecular weight excluding hydrogens is 404 g/mol. The van der Waals surface area contributed by atoms with E-state index in [0.717, 1.165) is 28.1 Å². The fraction of sp³-hybridized carbons (Fsp3) is 0.440. The van der Waals surface area contributed by atoms with Crippen molar-refractivity contribution in [2.45, 2.75) is 40.3 Å². The minimum atomic E-state index is 0.0317. The van der Waals surface area contributed by atoms with Crippen molar-refractivity contribution in [3.63, 3.8) is 0 Å². The summed E-state index contributed by atoms with van der Waals surface area (Å²) in [7, 11) is 3.40. The molecule has 2 rings (SSSR count). The number of aliphatic imine (C=N–C) groups is 1. The molecule has 0 saturated heterocycles. The summed E-state index contributed by atoms with van der Waals surface area (Å²) < 4.78 is 10.9. The molecule has 0 radical (unpaired) electrons. The van der Waals surface area contributed by atoms with Crippen molar-refractivity contribution in [3.8, 4) is 5.75 Å². The highest BCUT2D eigenvalue weighted by atomic mass is 16.5. The van der Waals surface area contributed by atoms with Gasteiger partial charge in [-0.3, -0.25) is 9.79 Å². The van der Waals surface area contributed by atoms with Gasteiger partial charge in [-0.05, 0) is 42.2 Å². The molecule has 0 aliphatic carbocycles. The first kappa shape index (κ1) is 25.2. The number of aryl methyl sites for hydroxylation is 1. The first-order chi connectivity index (χ1) is 15.4. The first-order valence-electron chi connectivity index (χ1n) is 11.0. The second-order valence-corrected chi connectivity index (χ2v) is 8.08. The Morgan fingerprint density at radius 2 is 1.84 bits per heavy atom. The van der Waals surface area contributed by atoms with Crippen LogP contribution in [0, 0.1) is 12.8 Å². The van der Waals surface area contributed by atoms with Crippen LogP contribution in [0.4, 0.5) is 5.69 Å². The zero-order valence-electron chi connectivity index (χ0n) is 19.8. The number of methoxy groups -OCH3 is 1. The highest BCUT2D eigenvalue weighted by Crippen LogP contribution is 2.20. The van der Waals surface area contributed by atoms with Crippen LogP contribution >= 0.6 is 0 Å². The SMILES string of the molecule is CN=C(NCc1cccc(NC(=O)CC(C)C)c1)NCc1ccc(C)cc1OCCOC. The third kappa shape index (κ3) is 8.98. The second-order valence-electron chi connectivity index (χ2n) is 8.08. The molecule has 32 heavy (non-hydrogen) atoms. The van der Waals surface area contributed by atoms with Gasteiger partial charge in [0.25, 0.3) is 0 Å². The Bertz CT molecular complexity index is 897. The van der Waals surface area contributed by atoms with Crippen LogP contribution in [0.25, 0.3) is 0 Å². The van der Waals surface area contributed by atoms with Crippen molar-refractivity contribution in [1.82, 2.24) is 10.6 Å². The summed E-state index contributed by atoms with van der Waals surface area (Å²) in [5.41, 5.74) is 4.04. The van der Waals surface area contributed by atoms with E-state index in [1.54, 1.807) is 14.2 Å². The van der Waals surface area contributed by atoms with E-state index in [1.807, 2.05) is 51.1 Å². The fourth-order valence-corrected chi connectivity index (χ4v) is 3.10. The van der Waals surface area contributed by atoms with Crippen LogP contribution in [0.5, 0.6) is 5.75 Å². The Balaban J connectivity index is 1.91. The van der Waals surface area contributed by atoms with Gasteiger partial charge in [0.15, 0.2) is 5.96 Å². The van der Waals surface area contributed by atoms with Gasteiger partial charge in [0.05, 0.1) is 6.61 Å². The zero-order valence-corrected chi connectivity index (χ0v) is 19.8. The largest absolute Gasteiger partial charge is 0.491 e. The predicted molar refractivity (Wildman–Crippen MR) is 130 cm³/mol. The summed E-state index contributed by atoms with van der Waals surface area (Å²) >= 11 is 0. The zero-order chi connectivity index (χ0) is 23.3. The molecule has 0 unspecified atom stereocenters. The molecule has 3 N–H and O–H groups in total. The summed E-state index contributed by atoms with van der Waals surface area (Å²) in [6, 6.07) is 14.0. The van der Waals surface area contributed by atoms with Crippen LogP contribution < -0.4 is 20.7 Å². The summed E-state index contributed by atoms with van der Waals surface area (Å²) in [6.07, 6.45) is 0.509. The van der Waals surface area contributed by atoms with Crippen LogP contribution in [-0.4, -0.2) is 39.2 Å². The van der Waals surface area contributed by atoms with E-state index < -0.39 is 0 Å². The molecule has 7 heteroatoms. The fourth-order valence-electron chi connectivity index (χ4n) is 3.10. The monoisotopic (exact) mass is 440 g/mol. The van der Waals surface area contributed by atoms with Gasteiger partial charge in [0.1, 0.15) is 12.4 Å². The molecule has 0 atom stereocenters. The summed E-state index contributed by atoms with van der Waals surface area (Å²) in [4.78, 5) is 16.3. The lowest BCUT2D eigenvalue weighted by molar-refractivity contribution is -0.116. The van der Waals surface area contributed by atoms with Crippen molar-refractivity contribution in [3.05, 3.63) is 59.2 Å². The number of hydrogen-bond acceptors (Lipinski definition) is 4. The van der Waals surface area contributed by atoms with Crippen molar-refractivity contribution >= 4 is 17.6 Å². The van der Waals surface area contributed by atoms with E-state index in [9.17, 15) is 4.79 Å². The molecule has 0 aliphatic rings. The minimum Gasteiger partial charge on any atom is -0.491 e. The minimum absolute atomic E-state index is 0.0317. The Kier molecular flexibility index (Phi) is 10.5. The number of ether oxygens (including phenoxy) is 2. The standard InChI is InChI=1S/C25H36N4O3/c1-18(2)13-24(30)29-22-8-6-7-20(15-22)16-27-25(26-4)28-17-21-10-9-19(3)14-23(21)32-12-11-31-5/h6-10,14-15,18H,11-13,16-17H2,1-5H3,(H,29,30)(H2,26,27,28). The Labute approximate surface area is 191 Å². The molecule has 0 bridgehead atoms. The molecule has 0 fully saturated rings. The molecule has 0 saturated carbocycles. The number of hydrogen-bond donors (Lipinski definition) is 3. The first-order valence-corrected chi connectivity index (χ1v) is 11.0. The van der Waals surface area contributed by atoms with Gasteiger partial charge in [0.2, 0.25) is 5.91 Å². The molecule has 2 aromatic carbocycles. The average molecular weight is 441 g/mol. The summed E-state index contributed by atoms with van der Waals surface area (Å²) in [6.45, 7) is 8.31. The van der Waals surface area contributed by atoms with E-state index in [4.69, 9.17) is 9.47 Å². The number of carbonyl (C=O) groups is 1. The maximum atomic E-state index is 12.0. The lowest BCUT2D eigenvalue weighted by atomic mass is 10.1. The molecule has 1 amide bonds. The van der Waals surface area contributed by atoms with Gasteiger partial charge >= 0.3 is 0 Å². The van der Waals surface area contributed by atoms with Gasteiger partial charge in [-0.25, -0.2) is 0 Å². The number of nitrogens with one attached hydrogen (secondary N) is 3. The number of nitrogens with zero attached hydrogens (tertiary/aromatic N) is 1. The van der Waals surface area contributed by atoms with Gasteiger partial charge in [-0.15, -0.1) is 0 Å². The number of rotatable bonds is 11. The van der Waals surface area contributed by atoms with E-state index >= 15 is 0 Å².